The van der Waals surface area contributed by atoms with Crippen LogP contribution in [0.15, 0.2) is 307 Å². The van der Waals surface area contributed by atoms with Gasteiger partial charge in [-0.2, -0.15) is 0 Å². The molecule has 14 aromatic carbocycles. The van der Waals surface area contributed by atoms with Crippen LogP contribution in [0.5, 0.6) is 0 Å². The molecule has 2 aliphatic heterocycles. The van der Waals surface area contributed by atoms with E-state index < -0.39 is 90.7 Å². The maximum absolute atomic E-state index is 10.2. The first-order valence-electron chi connectivity index (χ1n) is 41.4. The minimum atomic E-state index is -0.746. The van der Waals surface area contributed by atoms with Crippen molar-refractivity contribution in [1.82, 2.24) is 9.13 Å². The number of anilines is 6. The first-order chi connectivity index (χ1) is 54.9. The molecule has 6 heteroatoms. The predicted octanol–water partition coefficient (Wildman–Crippen LogP) is 24.4. The third kappa shape index (κ3) is 9.59. The molecule has 0 amide bonds. The van der Waals surface area contributed by atoms with Gasteiger partial charge in [-0.15, -0.1) is 0 Å². The molecule has 0 spiro atoms. The Morgan fingerprint density at radius 1 is 0.314 bits per heavy atom. The van der Waals surface area contributed by atoms with Gasteiger partial charge in [0.25, 0.3) is 6.71 Å². The number of fused-ring (bicyclic) bond motifs is 13. The number of nitrogens with zero attached hydrogens (tertiary/aromatic N) is 4. The third-order valence-corrected chi connectivity index (χ3v) is 21.1. The third-order valence-electron chi connectivity index (χ3n) is 21.1. The Kier molecular flexibility index (Phi) is 10.9. The first kappa shape index (κ1) is 48.8. The number of aromatic nitrogens is 2. The van der Waals surface area contributed by atoms with E-state index in [1.165, 1.54) is 11.1 Å². The van der Waals surface area contributed by atoms with Gasteiger partial charge in [0.15, 0.2) is 0 Å². The summed E-state index contributed by atoms with van der Waals surface area (Å²) in [5.74, 6) is 0. The summed E-state index contributed by atoms with van der Waals surface area (Å²) >= 11 is 0. The fraction of sp³-hybridized carbons (Fsp3) is 0.125. The minimum Gasteiger partial charge on any atom is -0.456 e. The van der Waals surface area contributed by atoms with Crippen LogP contribution >= 0.6 is 0 Å². The Hall–Kier alpha value is -11.9. The molecule has 0 fully saturated rings. The Labute approximate surface area is 615 Å². The molecule has 0 N–H and O–H groups in total. The van der Waals surface area contributed by atoms with Gasteiger partial charge in [-0.05, 0) is 174 Å². The van der Waals surface area contributed by atoms with Gasteiger partial charge in [0.1, 0.15) is 11.2 Å². The van der Waals surface area contributed by atoms with Gasteiger partial charge in [-0.3, -0.25) is 0 Å². The lowest BCUT2D eigenvalue weighted by Crippen LogP contribution is -2.61. The van der Waals surface area contributed by atoms with Crippen LogP contribution in [0.25, 0.3) is 121 Å². The summed E-state index contributed by atoms with van der Waals surface area (Å²) < 4.78 is 135. The van der Waals surface area contributed by atoms with Crippen LogP contribution in [0, 0.1) is 0 Å². The molecule has 0 saturated carbocycles. The van der Waals surface area contributed by atoms with E-state index in [0.717, 1.165) is 99.6 Å². The summed E-state index contributed by atoms with van der Waals surface area (Å²) in [6.45, 7) is 19.3. The van der Waals surface area contributed by atoms with Crippen molar-refractivity contribution in [2.24, 2.45) is 0 Å². The second kappa shape index (κ2) is 22.8. The second-order valence-corrected chi connectivity index (χ2v) is 30.3. The number of para-hydroxylation sites is 3. The Morgan fingerprint density at radius 2 is 0.794 bits per heavy atom. The first-order valence-corrected chi connectivity index (χ1v) is 34.9. The molecule has 0 bridgehead atoms. The van der Waals surface area contributed by atoms with E-state index in [9.17, 15) is 16.4 Å². The molecule has 5 nitrogen and oxygen atoms in total. The van der Waals surface area contributed by atoms with E-state index in [1.54, 1.807) is 4.57 Å². The van der Waals surface area contributed by atoms with Crippen molar-refractivity contribution in [3.05, 3.63) is 320 Å². The molecule has 490 valence electrons. The highest BCUT2D eigenvalue weighted by molar-refractivity contribution is 7.00. The smallest absolute Gasteiger partial charge is 0.252 e. The standard InChI is InChI=1S/C96H77BN4O/c1-94(2,3)65-43-49-82-76(53-65)77-54-66(95(4,5)6)44-50-83(77)98(82)68-45-48-79-85(57-68)100(92-74(62-32-18-12-19-33-62)55-67(96(7,8)9)56-75(92)63-34-20-13-21-35-63)86-58-69(99-80-39-25-22-36-71(80)72-37-23-26-40-81(72)99)59-87-91(86)97(79)78-47-42-64(60-28-14-10-15-29-60)52-84(78)101(87)93-70(61-30-16-11-17-31-61)46-51-89-90(93)73-38-24-27-41-88(73)102-89/h10-59H,1-9H3/i10D,14D,15D,22D,23D,25D,26D,28D,29D,36D,37D,39D,40D. The summed E-state index contributed by atoms with van der Waals surface area (Å²) in [6.07, 6.45) is 0. The molecule has 0 saturated heterocycles. The molecule has 3 aromatic heterocycles. The largest absolute Gasteiger partial charge is 0.456 e. The van der Waals surface area contributed by atoms with Crippen LogP contribution in [0.2, 0.25) is 0 Å². The summed E-state index contributed by atoms with van der Waals surface area (Å²) in [5.41, 5.74) is 18.3. The molecule has 0 atom stereocenters. The zero-order valence-electron chi connectivity index (χ0n) is 71.1. The number of hydrogen-bond donors (Lipinski definition) is 0. The van der Waals surface area contributed by atoms with Crippen LogP contribution in [-0.2, 0) is 16.2 Å². The highest BCUT2D eigenvalue weighted by Gasteiger charge is 2.46. The van der Waals surface area contributed by atoms with Crippen molar-refractivity contribution in [3.63, 3.8) is 0 Å². The summed E-state index contributed by atoms with van der Waals surface area (Å²) in [7, 11) is 0. The number of furan rings is 1. The average molecular weight is 1330 g/mol. The summed E-state index contributed by atoms with van der Waals surface area (Å²) in [6, 6.07) is 70.9. The number of benzene rings is 14. The maximum atomic E-state index is 10.2. The maximum Gasteiger partial charge on any atom is 0.252 e. The van der Waals surface area contributed by atoms with E-state index >= 15 is 0 Å². The van der Waals surface area contributed by atoms with Gasteiger partial charge in [0.2, 0.25) is 0 Å². The minimum absolute atomic E-state index is 0.0198. The van der Waals surface area contributed by atoms with Crippen molar-refractivity contribution in [1.29, 1.82) is 0 Å². The molecule has 102 heavy (non-hydrogen) atoms. The van der Waals surface area contributed by atoms with Crippen LogP contribution in [-0.4, -0.2) is 15.8 Å². The van der Waals surface area contributed by atoms with Crippen molar-refractivity contribution >= 4 is 123 Å². The van der Waals surface area contributed by atoms with Gasteiger partial charge < -0.3 is 23.4 Å². The zero-order valence-corrected chi connectivity index (χ0v) is 58.1. The molecule has 0 unspecified atom stereocenters. The molecule has 0 aliphatic carbocycles. The Balaban J connectivity index is 1.07. The van der Waals surface area contributed by atoms with E-state index in [1.807, 2.05) is 133 Å². The molecule has 5 heterocycles. The molecule has 17 aromatic rings. The van der Waals surface area contributed by atoms with Crippen LogP contribution < -0.4 is 26.2 Å². The van der Waals surface area contributed by atoms with Gasteiger partial charge in [-0.25, -0.2) is 0 Å². The molecule has 19 rings (SSSR count). The lowest BCUT2D eigenvalue weighted by molar-refractivity contribution is 0.590. The van der Waals surface area contributed by atoms with Gasteiger partial charge in [0, 0.05) is 72.1 Å². The molecule has 2 aliphatic rings. The van der Waals surface area contributed by atoms with Gasteiger partial charge in [0.05, 0.1) is 62.3 Å². The highest BCUT2D eigenvalue weighted by Crippen LogP contribution is 2.56. The fourth-order valence-corrected chi connectivity index (χ4v) is 16.0. The van der Waals surface area contributed by atoms with Crippen LogP contribution in [0.4, 0.5) is 34.1 Å². The fourth-order valence-electron chi connectivity index (χ4n) is 16.0. The zero-order chi connectivity index (χ0) is 80.4. The lowest BCUT2D eigenvalue weighted by atomic mass is 9.33. The van der Waals surface area contributed by atoms with E-state index in [0.29, 0.717) is 44.9 Å². The topological polar surface area (TPSA) is 29.5 Å². The van der Waals surface area contributed by atoms with Crippen LogP contribution in [0.3, 0.4) is 0 Å². The Morgan fingerprint density at radius 3 is 1.36 bits per heavy atom. The predicted molar refractivity (Wildman–Crippen MR) is 434 cm³/mol. The molecular weight excluding hydrogens is 1240 g/mol. The average Bonchev–Trinajstić information content (AvgIpc) is 1.68. The van der Waals surface area contributed by atoms with E-state index in [4.69, 9.17) is 5.79 Å². The summed E-state index contributed by atoms with van der Waals surface area (Å²) in [5, 5.41) is 3.46. The normalized spacial score (nSPS) is 14.9. The number of hydrogen-bond acceptors (Lipinski definition) is 3. The van der Waals surface area contributed by atoms with Gasteiger partial charge >= 0.3 is 0 Å². The van der Waals surface area contributed by atoms with Gasteiger partial charge in [-0.1, -0.05) is 268 Å². The number of rotatable bonds is 8. The van der Waals surface area contributed by atoms with Crippen molar-refractivity contribution < 1.29 is 22.2 Å². The van der Waals surface area contributed by atoms with Crippen molar-refractivity contribution in [2.75, 3.05) is 9.80 Å². The monoisotopic (exact) mass is 1330 g/mol. The Bertz CT molecular complexity index is 6850. The van der Waals surface area contributed by atoms with Crippen LogP contribution in [0.1, 0.15) is 96.8 Å². The second-order valence-electron chi connectivity index (χ2n) is 30.3. The van der Waals surface area contributed by atoms with Crippen molar-refractivity contribution in [2.45, 2.75) is 78.6 Å². The lowest BCUT2D eigenvalue weighted by Gasteiger charge is -2.46. The molecular formula is C96H77BN4O. The molecule has 0 radical (unpaired) electrons. The summed E-state index contributed by atoms with van der Waals surface area (Å²) in [4.78, 5) is 4.55. The quantitative estimate of drug-likeness (QED) is 0.142. The van der Waals surface area contributed by atoms with E-state index in [-0.39, 0.29) is 43.9 Å². The SMILES string of the molecule is [2H]c1c([2H])c([2H])c(-c2ccc3c(c2)N(c2c(-c4ccccc4)ccc4oc5ccccc5c24)c2cc(-n4c5c([2H])c([2H])c([2H])c([2H])c5c5c([2H])c([2H])c([2H])c([2H])c54)cc4c2B3c2ccc(-n3c5ccc(C(C)(C)C)cc5c5cc(C(C)(C)C)ccc53)cc2N4c2c(-c3ccccc3)cc(C(C)(C)C)cc2-c2ccccc2)c([2H])c1[2H]. The van der Waals surface area contributed by atoms with Crippen molar-refractivity contribution in [3.8, 4) is 55.9 Å². The highest BCUT2D eigenvalue weighted by atomic mass is 16.3. The van der Waals surface area contributed by atoms with E-state index in [2.05, 4.69) is 168 Å².